The van der Waals surface area contributed by atoms with E-state index in [0.29, 0.717) is 33.0 Å². The van der Waals surface area contributed by atoms with Gasteiger partial charge in [0.15, 0.2) is 16.9 Å². The first-order valence-electron chi connectivity index (χ1n) is 10.6. The first kappa shape index (κ1) is 25.7. The molecular formula is C27H19ClKNO5. The SMILES string of the molecule is C=Cc1ccc(Cc2c(C(=O)[O-])n(Cc3cc4c(cc3Cl)OCO4)c3ccccc3c2=O)cc1.[K+]. The van der Waals surface area contributed by atoms with Crippen LogP contribution < -0.4 is 71.4 Å². The van der Waals surface area contributed by atoms with Gasteiger partial charge in [0.05, 0.1) is 17.2 Å². The molecule has 0 fully saturated rings. The Labute approximate surface area is 249 Å². The van der Waals surface area contributed by atoms with Crippen molar-refractivity contribution in [3.63, 3.8) is 0 Å². The van der Waals surface area contributed by atoms with Gasteiger partial charge in [-0.25, -0.2) is 0 Å². The third-order valence-electron chi connectivity index (χ3n) is 5.93. The number of ether oxygens (including phenoxy) is 2. The first-order valence-corrected chi connectivity index (χ1v) is 11.0. The molecule has 3 aromatic carbocycles. The van der Waals surface area contributed by atoms with Crippen LogP contribution >= 0.6 is 11.6 Å². The van der Waals surface area contributed by atoms with Crippen LogP contribution in [0.3, 0.4) is 0 Å². The molecule has 1 aliphatic heterocycles. The molecule has 0 atom stereocenters. The number of para-hydroxylation sites is 1. The van der Waals surface area contributed by atoms with Crippen LogP contribution in [0.1, 0.15) is 32.7 Å². The van der Waals surface area contributed by atoms with Crippen molar-refractivity contribution in [3.05, 3.63) is 110 Å². The molecule has 35 heavy (non-hydrogen) atoms. The zero-order valence-electron chi connectivity index (χ0n) is 19.0. The second kappa shape index (κ2) is 10.7. The van der Waals surface area contributed by atoms with Gasteiger partial charge < -0.3 is 23.9 Å². The Bertz CT molecular complexity index is 1510. The molecule has 0 unspecified atom stereocenters. The van der Waals surface area contributed by atoms with Gasteiger partial charge >= 0.3 is 51.4 Å². The van der Waals surface area contributed by atoms with Crippen LogP contribution in [0.2, 0.25) is 5.02 Å². The van der Waals surface area contributed by atoms with E-state index in [9.17, 15) is 14.7 Å². The maximum Gasteiger partial charge on any atom is 1.00 e. The number of carbonyl (C=O) groups excluding carboxylic acids is 1. The van der Waals surface area contributed by atoms with Crippen molar-refractivity contribution >= 4 is 34.5 Å². The molecule has 0 bridgehead atoms. The van der Waals surface area contributed by atoms with Gasteiger partial charge in [-0.3, -0.25) is 4.79 Å². The summed E-state index contributed by atoms with van der Waals surface area (Å²) in [7, 11) is 0. The number of benzene rings is 3. The number of fused-ring (bicyclic) bond motifs is 2. The van der Waals surface area contributed by atoms with Crippen molar-refractivity contribution in [2.75, 3.05) is 6.79 Å². The Morgan fingerprint density at radius 1 is 1.09 bits per heavy atom. The van der Waals surface area contributed by atoms with Crippen LogP contribution in [-0.2, 0) is 13.0 Å². The van der Waals surface area contributed by atoms with E-state index in [2.05, 4.69) is 6.58 Å². The van der Waals surface area contributed by atoms with Gasteiger partial charge in [0.1, 0.15) is 0 Å². The fraction of sp³-hybridized carbons (Fsp3) is 0.111. The summed E-state index contributed by atoms with van der Waals surface area (Å²) in [6.45, 7) is 3.94. The number of carboxylic acids is 1. The number of aromatic carboxylic acids is 1. The van der Waals surface area contributed by atoms with E-state index >= 15 is 0 Å². The quantitative estimate of drug-likeness (QED) is 0.361. The monoisotopic (exact) mass is 511 g/mol. The smallest absolute Gasteiger partial charge is 0.543 e. The Kier molecular flexibility index (Phi) is 7.85. The van der Waals surface area contributed by atoms with Crippen molar-refractivity contribution < 1.29 is 70.8 Å². The number of rotatable bonds is 6. The number of nitrogens with zero attached hydrogens (tertiary/aromatic N) is 1. The second-order valence-corrected chi connectivity index (χ2v) is 8.37. The largest absolute Gasteiger partial charge is 1.00 e. The predicted molar refractivity (Wildman–Crippen MR) is 129 cm³/mol. The molecule has 0 saturated heterocycles. The van der Waals surface area contributed by atoms with Crippen molar-refractivity contribution in [2.24, 2.45) is 0 Å². The van der Waals surface area contributed by atoms with E-state index in [1.165, 1.54) is 0 Å². The molecule has 0 saturated carbocycles. The van der Waals surface area contributed by atoms with Crippen LogP contribution in [0.25, 0.3) is 17.0 Å². The van der Waals surface area contributed by atoms with E-state index in [1.54, 1.807) is 47.0 Å². The van der Waals surface area contributed by atoms with Crippen LogP contribution in [0.4, 0.5) is 0 Å². The van der Waals surface area contributed by atoms with Crippen molar-refractivity contribution in [3.8, 4) is 11.5 Å². The van der Waals surface area contributed by atoms with Crippen LogP contribution in [0.15, 0.2) is 72.0 Å². The molecule has 0 aliphatic carbocycles. The summed E-state index contributed by atoms with van der Waals surface area (Å²) in [5.74, 6) is -0.373. The van der Waals surface area contributed by atoms with Crippen LogP contribution in [-0.4, -0.2) is 17.3 Å². The minimum atomic E-state index is -1.43. The Morgan fingerprint density at radius 3 is 2.46 bits per heavy atom. The minimum Gasteiger partial charge on any atom is -0.543 e. The summed E-state index contributed by atoms with van der Waals surface area (Å²) in [6, 6.07) is 17.7. The van der Waals surface area contributed by atoms with E-state index in [4.69, 9.17) is 21.1 Å². The maximum atomic E-state index is 13.4. The Morgan fingerprint density at radius 2 is 1.77 bits per heavy atom. The van der Waals surface area contributed by atoms with E-state index < -0.39 is 5.97 Å². The maximum absolute atomic E-state index is 13.4. The standard InChI is InChI=1S/C27H20ClNO5.K/c1-2-16-7-9-17(10-8-16)11-20-25(27(31)32)29(22-6-4-3-5-19(22)26(20)30)14-18-12-23-24(13-21(18)28)34-15-33-23;/h2-10,12-13H,1,11,14-15H2,(H,31,32);/q;+1/p-1. The van der Waals surface area contributed by atoms with Crippen molar-refractivity contribution in [1.29, 1.82) is 0 Å². The molecule has 0 N–H and O–H groups in total. The van der Waals surface area contributed by atoms with Gasteiger partial charge in [0.2, 0.25) is 6.79 Å². The van der Waals surface area contributed by atoms with E-state index in [0.717, 1.165) is 11.1 Å². The fourth-order valence-corrected chi connectivity index (χ4v) is 4.46. The number of halogens is 1. The van der Waals surface area contributed by atoms with Gasteiger partial charge in [-0.1, -0.05) is 60.7 Å². The number of hydrogen-bond acceptors (Lipinski definition) is 5. The molecule has 5 rings (SSSR count). The summed E-state index contributed by atoms with van der Waals surface area (Å²) in [5.41, 5.74) is 2.47. The number of carbonyl (C=O) groups is 1. The molecule has 1 aliphatic rings. The third-order valence-corrected chi connectivity index (χ3v) is 6.28. The molecule has 8 heteroatoms. The minimum absolute atomic E-state index is 0. The molecule has 0 radical (unpaired) electrons. The third kappa shape index (κ3) is 4.98. The Hall–Kier alpha value is -2.39. The summed E-state index contributed by atoms with van der Waals surface area (Å²) in [4.78, 5) is 25.9. The fourth-order valence-electron chi connectivity index (χ4n) is 4.24. The van der Waals surface area contributed by atoms with Gasteiger partial charge in [0, 0.05) is 35.0 Å². The summed E-state index contributed by atoms with van der Waals surface area (Å²) in [5, 5.41) is 13.2. The van der Waals surface area contributed by atoms with Gasteiger partial charge in [-0.2, -0.15) is 0 Å². The molecule has 0 spiro atoms. The first-order chi connectivity index (χ1) is 16.5. The number of aromatic nitrogens is 1. The van der Waals surface area contributed by atoms with E-state index in [1.807, 2.05) is 24.3 Å². The zero-order chi connectivity index (χ0) is 23.8. The average Bonchev–Trinajstić information content (AvgIpc) is 3.29. The topological polar surface area (TPSA) is 80.6 Å². The summed E-state index contributed by atoms with van der Waals surface area (Å²) < 4.78 is 12.4. The predicted octanol–water partition coefficient (Wildman–Crippen LogP) is 1.03. The second-order valence-electron chi connectivity index (χ2n) is 7.97. The normalized spacial score (nSPS) is 11.8. The number of pyridine rings is 1. The van der Waals surface area contributed by atoms with Gasteiger partial charge in [0.25, 0.3) is 0 Å². The van der Waals surface area contributed by atoms with Crippen LogP contribution in [0, 0.1) is 0 Å². The van der Waals surface area contributed by atoms with Crippen molar-refractivity contribution in [2.45, 2.75) is 13.0 Å². The van der Waals surface area contributed by atoms with Crippen LogP contribution in [0.5, 0.6) is 11.5 Å². The number of hydrogen-bond donors (Lipinski definition) is 0. The number of carboxylic acid groups (broad SMARTS) is 1. The summed E-state index contributed by atoms with van der Waals surface area (Å²) >= 11 is 6.49. The molecule has 170 valence electrons. The van der Waals surface area contributed by atoms with Gasteiger partial charge in [-0.05, 0) is 34.9 Å². The molecule has 2 heterocycles. The molecule has 6 nitrogen and oxygen atoms in total. The van der Waals surface area contributed by atoms with Gasteiger partial charge in [-0.15, -0.1) is 0 Å². The zero-order valence-corrected chi connectivity index (χ0v) is 22.9. The summed E-state index contributed by atoms with van der Waals surface area (Å²) in [6.07, 6.45) is 1.85. The molecule has 1 aromatic heterocycles. The molecule has 0 amide bonds. The molecule has 4 aromatic rings. The van der Waals surface area contributed by atoms with E-state index in [-0.39, 0.29) is 87.8 Å². The molecular weight excluding hydrogens is 493 g/mol. The Balaban J connectivity index is 0.00000289. The van der Waals surface area contributed by atoms with Crippen molar-refractivity contribution in [1.82, 2.24) is 4.57 Å². The average molecular weight is 512 g/mol.